The summed E-state index contributed by atoms with van der Waals surface area (Å²) in [5.41, 5.74) is 0. The van der Waals surface area contributed by atoms with Crippen LogP contribution >= 0.6 is 50.6 Å². The summed E-state index contributed by atoms with van der Waals surface area (Å²) in [4.78, 5) is 0. The molecule has 0 saturated carbocycles. The van der Waals surface area contributed by atoms with E-state index >= 15 is 0 Å². The van der Waals surface area contributed by atoms with E-state index in [1.54, 1.807) is 16.1 Å². The molecule has 0 amide bonds. The Hall–Kier alpha value is 0.730. The molecule has 0 aromatic carbocycles. The van der Waals surface area contributed by atoms with Crippen LogP contribution in [-0.4, -0.2) is 37.3 Å². The molecule has 96 valence electrons. The molecule has 3 nitrogen and oxygen atoms in total. The average Bonchev–Trinajstić information content (AvgIpc) is 2.54. The van der Waals surface area contributed by atoms with Crippen molar-refractivity contribution >= 4 is 60.7 Å². The summed E-state index contributed by atoms with van der Waals surface area (Å²) in [6, 6.07) is 1.52. The van der Waals surface area contributed by atoms with Gasteiger partial charge in [-0.25, -0.2) is 8.42 Å². The molecular formula is C9H11BrClNO2S3. The molecule has 8 heteroatoms. The molecule has 1 saturated heterocycles. The van der Waals surface area contributed by atoms with E-state index in [0.717, 1.165) is 17.9 Å². The maximum absolute atomic E-state index is 12.4. The van der Waals surface area contributed by atoms with Crippen molar-refractivity contribution in [1.29, 1.82) is 0 Å². The molecule has 1 aromatic rings. The molecule has 2 rings (SSSR count). The lowest BCUT2D eigenvalue weighted by Gasteiger charge is -2.18. The zero-order chi connectivity index (χ0) is 12.5. The minimum absolute atomic E-state index is 0.321. The van der Waals surface area contributed by atoms with Gasteiger partial charge in [-0.05, 0) is 34.2 Å². The first-order valence-corrected chi connectivity index (χ1v) is 9.63. The van der Waals surface area contributed by atoms with E-state index < -0.39 is 10.0 Å². The van der Waals surface area contributed by atoms with Crippen LogP contribution in [0.25, 0.3) is 0 Å². The molecule has 1 aliphatic rings. The molecule has 17 heavy (non-hydrogen) atoms. The van der Waals surface area contributed by atoms with Crippen molar-refractivity contribution in [2.75, 3.05) is 24.6 Å². The lowest BCUT2D eigenvalue weighted by atomic mass is 10.5. The fourth-order valence-corrected chi connectivity index (χ4v) is 6.58. The predicted octanol–water partition coefficient (Wildman–Crippen LogP) is 3.29. The molecule has 1 aliphatic heterocycles. The number of hydrogen-bond acceptors (Lipinski definition) is 4. The van der Waals surface area contributed by atoms with Gasteiger partial charge in [0.1, 0.15) is 4.21 Å². The van der Waals surface area contributed by atoms with Gasteiger partial charge in [-0.2, -0.15) is 16.1 Å². The minimum atomic E-state index is -3.36. The van der Waals surface area contributed by atoms with Gasteiger partial charge in [-0.15, -0.1) is 11.3 Å². The second kappa shape index (κ2) is 5.79. The van der Waals surface area contributed by atoms with Gasteiger partial charge in [0, 0.05) is 18.8 Å². The van der Waals surface area contributed by atoms with Crippen LogP contribution in [0.5, 0.6) is 0 Å². The first kappa shape index (κ1) is 14.1. The summed E-state index contributed by atoms with van der Waals surface area (Å²) in [7, 11) is -3.36. The van der Waals surface area contributed by atoms with Crippen molar-refractivity contribution in [3.05, 3.63) is 14.9 Å². The number of hydrogen-bond donors (Lipinski definition) is 0. The number of thioether (sulfide) groups is 1. The van der Waals surface area contributed by atoms with Crippen LogP contribution in [0.3, 0.4) is 0 Å². The third-order valence-corrected chi connectivity index (χ3v) is 8.27. The van der Waals surface area contributed by atoms with E-state index in [0.29, 0.717) is 26.1 Å². The molecule has 0 atom stereocenters. The predicted molar refractivity (Wildman–Crippen MR) is 77.7 cm³/mol. The number of sulfonamides is 1. The van der Waals surface area contributed by atoms with Gasteiger partial charge in [0.25, 0.3) is 10.0 Å². The Kier molecular flexibility index (Phi) is 4.82. The fraction of sp³-hybridized carbons (Fsp3) is 0.556. The van der Waals surface area contributed by atoms with Crippen LogP contribution in [-0.2, 0) is 10.0 Å². The largest absolute Gasteiger partial charge is 0.252 e. The molecular weight excluding hydrogens is 366 g/mol. The minimum Gasteiger partial charge on any atom is -0.206 e. The highest BCUT2D eigenvalue weighted by molar-refractivity contribution is 9.11. The molecule has 2 heterocycles. The van der Waals surface area contributed by atoms with E-state index in [-0.39, 0.29) is 0 Å². The van der Waals surface area contributed by atoms with Crippen molar-refractivity contribution in [2.45, 2.75) is 10.6 Å². The molecule has 0 radical (unpaired) electrons. The second-order valence-electron chi connectivity index (χ2n) is 3.56. The zero-order valence-corrected chi connectivity index (χ0v) is 13.6. The number of thiophene rings is 1. The topological polar surface area (TPSA) is 37.4 Å². The summed E-state index contributed by atoms with van der Waals surface area (Å²) in [5, 5.41) is 0.456. The molecule has 0 bridgehead atoms. The van der Waals surface area contributed by atoms with Gasteiger partial charge < -0.3 is 0 Å². The van der Waals surface area contributed by atoms with E-state index in [9.17, 15) is 8.42 Å². The van der Waals surface area contributed by atoms with E-state index in [2.05, 4.69) is 15.9 Å². The Labute approximate surface area is 123 Å². The Balaban J connectivity index is 2.28. The highest BCUT2D eigenvalue weighted by Gasteiger charge is 2.27. The maximum atomic E-state index is 12.4. The standard InChI is InChI=1S/C9H11BrClNO2S3/c10-9-7(11)6-8(16-9)17(13,14)12-2-1-4-15-5-3-12/h6H,1-5H2. The van der Waals surface area contributed by atoms with E-state index in [1.165, 1.54) is 17.4 Å². The molecule has 0 spiro atoms. The highest BCUT2D eigenvalue weighted by Crippen LogP contribution is 2.36. The summed E-state index contributed by atoms with van der Waals surface area (Å²) in [6.07, 6.45) is 0.907. The quantitative estimate of drug-likeness (QED) is 0.795. The van der Waals surface area contributed by atoms with Crippen LogP contribution in [0.2, 0.25) is 5.02 Å². The van der Waals surface area contributed by atoms with Gasteiger partial charge in [-0.1, -0.05) is 11.6 Å². The van der Waals surface area contributed by atoms with Crippen LogP contribution < -0.4 is 0 Å². The first-order chi connectivity index (χ1) is 8.01. The normalized spacial score (nSPS) is 19.2. The van der Waals surface area contributed by atoms with E-state index in [1.807, 2.05) is 0 Å². The van der Waals surface area contributed by atoms with Crippen LogP contribution in [0.1, 0.15) is 6.42 Å². The van der Waals surface area contributed by atoms with Crippen molar-refractivity contribution in [3.63, 3.8) is 0 Å². The zero-order valence-electron chi connectivity index (χ0n) is 8.86. The van der Waals surface area contributed by atoms with Gasteiger partial charge in [0.05, 0.1) is 8.81 Å². The maximum Gasteiger partial charge on any atom is 0.252 e. The lowest BCUT2D eigenvalue weighted by molar-refractivity contribution is 0.436. The van der Waals surface area contributed by atoms with Crippen molar-refractivity contribution < 1.29 is 8.42 Å². The lowest BCUT2D eigenvalue weighted by Crippen LogP contribution is -2.32. The summed E-state index contributed by atoms with van der Waals surface area (Å²) in [6.45, 7) is 1.18. The average molecular weight is 377 g/mol. The van der Waals surface area contributed by atoms with Crippen molar-refractivity contribution in [3.8, 4) is 0 Å². The summed E-state index contributed by atoms with van der Waals surface area (Å²) in [5.74, 6) is 1.89. The van der Waals surface area contributed by atoms with Gasteiger partial charge in [0.2, 0.25) is 0 Å². The smallest absolute Gasteiger partial charge is 0.206 e. The molecule has 0 aliphatic carbocycles. The Morgan fingerprint density at radius 3 is 2.76 bits per heavy atom. The number of nitrogens with zero attached hydrogens (tertiary/aromatic N) is 1. The van der Waals surface area contributed by atoms with E-state index in [4.69, 9.17) is 11.6 Å². The molecule has 1 aromatic heterocycles. The van der Waals surface area contributed by atoms with Crippen molar-refractivity contribution in [1.82, 2.24) is 4.31 Å². The Bertz CT molecular complexity index is 475. The third-order valence-electron chi connectivity index (χ3n) is 2.40. The number of rotatable bonds is 2. The fourth-order valence-electron chi connectivity index (χ4n) is 1.54. The van der Waals surface area contributed by atoms with Crippen LogP contribution in [0.15, 0.2) is 14.1 Å². The molecule has 1 fully saturated rings. The Morgan fingerprint density at radius 1 is 1.35 bits per heavy atom. The van der Waals surface area contributed by atoms with Crippen LogP contribution in [0, 0.1) is 0 Å². The highest BCUT2D eigenvalue weighted by atomic mass is 79.9. The summed E-state index contributed by atoms with van der Waals surface area (Å²) >= 11 is 12.1. The molecule has 0 N–H and O–H groups in total. The monoisotopic (exact) mass is 375 g/mol. The summed E-state index contributed by atoms with van der Waals surface area (Å²) < 4.78 is 27.3. The van der Waals surface area contributed by atoms with Crippen LogP contribution in [0.4, 0.5) is 0 Å². The van der Waals surface area contributed by atoms with Gasteiger partial charge in [-0.3, -0.25) is 0 Å². The SMILES string of the molecule is O=S(=O)(c1cc(Cl)c(Br)s1)N1CCCSCC1. The van der Waals surface area contributed by atoms with Gasteiger partial charge in [0.15, 0.2) is 0 Å². The Morgan fingerprint density at radius 2 is 2.12 bits per heavy atom. The van der Waals surface area contributed by atoms with Crippen molar-refractivity contribution in [2.24, 2.45) is 0 Å². The third kappa shape index (κ3) is 3.19. The second-order valence-corrected chi connectivity index (χ2v) is 9.72. The molecule has 0 unspecified atom stereocenters. The number of halogens is 2. The van der Waals surface area contributed by atoms with Gasteiger partial charge >= 0.3 is 0 Å². The first-order valence-electron chi connectivity index (χ1n) is 5.04.